The first kappa shape index (κ1) is 10.3. The molecule has 4 heteroatoms. The number of aliphatic carboxylic acids is 1. The van der Waals surface area contributed by atoms with Crippen LogP contribution >= 0.6 is 11.6 Å². The van der Waals surface area contributed by atoms with Crippen LogP contribution in [0, 0.1) is 6.92 Å². The number of hydrogen-bond donors (Lipinski definition) is 1. The smallest absolute Gasteiger partial charge is 0.312 e. The highest BCUT2D eigenvalue weighted by molar-refractivity contribution is 6.31. The Morgan fingerprint density at radius 1 is 1.60 bits per heavy atom. The van der Waals surface area contributed by atoms with E-state index in [4.69, 9.17) is 16.7 Å². The molecule has 0 aromatic heterocycles. The van der Waals surface area contributed by atoms with Crippen molar-refractivity contribution in [3.63, 3.8) is 0 Å². The summed E-state index contributed by atoms with van der Waals surface area (Å²) in [5, 5.41) is 9.77. The zero-order valence-corrected chi connectivity index (χ0v) is 9.38. The predicted molar refractivity (Wildman–Crippen MR) is 59.8 cm³/mol. The van der Waals surface area contributed by atoms with Crippen molar-refractivity contribution >= 4 is 23.3 Å². The Morgan fingerprint density at radius 3 is 2.87 bits per heavy atom. The highest BCUT2D eigenvalue weighted by Gasteiger charge is 2.33. The Hall–Kier alpha value is -1.22. The van der Waals surface area contributed by atoms with E-state index < -0.39 is 11.9 Å². The minimum atomic E-state index is -0.776. The molecule has 2 rings (SSSR count). The molecule has 80 valence electrons. The van der Waals surface area contributed by atoms with Gasteiger partial charge in [-0.05, 0) is 24.1 Å². The van der Waals surface area contributed by atoms with E-state index in [1.54, 1.807) is 6.07 Å². The minimum Gasteiger partial charge on any atom is -0.481 e. The number of carbonyl (C=O) groups is 1. The number of likely N-dealkylation sites (N-methyl/N-ethyl adjacent to an activating group) is 1. The molecule has 1 N–H and O–H groups in total. The largest absolute Gasteiger partial charge is 0.481 e. The molecule has 15 heavy (non-hydrogen) atoms. The van der Waals surface area contributed by atoms with E-state index in [1.807, 2.05) is 24.9 Å². The Bertz CT molecular complexity index is 431. The second kappa shape index (κ2) is 3.42. The van der Waals surface area contributed by atoms with E-state index in [-0.39, 0.29) is 0 Å². The minimum absolute atomic E-state index is 0.430. The number of carboxylic acid groups (broad SMARTS) is 1. The molecule has 3 nitrogen and oxygen atoms in total. The van der Waals surface area contributed by atoms with Crippen molar-refractivity contribution in [2.75, 3.05) is 18.5 Å². The van der Waals surface area contributed by atoms with Gasteiger partial charge in [0.2, 0.25) is 0 Å². The highest BCUT2D eigenvalue weighted by Crippen LogP contribution is 2.40. The molecule has 0 aliphatic carbocycles. The third-order valence-electron chi connectivity index (χ3n) is 2.91. The van der Waals surface area contributed by atoms with Gasteiger partial charge < -0.3 is 10.0 Å². The normalized spacial score (nSPS) is 19.1. The molecule has 0 fully saturated rings. The molecule has 1 atom stereocenters. The number of rotatable bonds is 1. The van der Waals surface area contributed by atoms with Crippen molar-refractivity contribution < 1.29 is 9.90 Å². The number of fused-ring (bicyclic) bond motifs is 1. The predicted octanol–water partition coefficient (Wildman–Crippen LogP) is 2.27. The first-order chi connectivity index (χ1) is 7.02. The van der Waals surface area contributed by atoms with Gasteiger partial charge in [-0.25, -0.2) is 0 Å². The Labute approximate surface area is 93.3 Å². The summed E-state index contributed by atoms with van der Waals surface area (Å²) < 4.78 is 0. The lowest BCUT2D eigenvalue weighted by Crippen LogP contribution is -2.20. The second-order valence-corrected chi connectivity index (χ2v) is 4.29. The zero-order chi connectivity index (χ0) is 11.2. The van der Waals surface area contributed by atoms with Crippen molar-refractivity contribution in [1.82, 2.24) is 0 Å². The maximum atomic E-state index is 11.0. The van der Waals surface area contributed by atoms with Crippen LogP contribution in [0.3, 0.4) is 0 Å². The van der Waals surface area contributed by atoms with E-state index in [1.165, 1.54) is 0 Å². The summed E-state index contributed by atoms with van der Waals surface area (Å²) in [6.07, 6.45) is 0. The van der Waals surface area contributed by atoms with Crippen molar-refractivity contribution in [1.29, 1.82) is 0 Å². The topological polar surface area (TPSA) is 40.5 Å². The van der Waals surface area contributed by atoms with Crippen molar-refractivity contribution in [3.05, 3.63) is 28.3 Å². The van der Waals surface area contributed by atoms with Crippen molar-refractivity contribution in [2.24, 2.45) is 0 Å². The second-order valence-electron chi connectivity index (χ2n) is 3.88. The summed E-state index contributed by atoms with van der Waals surface area (Å²) in [7, 11) is 1.89. The monoisotopic (exact) mass is 225 g/mol. The fourth-order valence-corrected chi connectivity index (χ4v) is 2.31. The highest BCUT2D eigenvalue weighted by atomic mass is 35.5. The average molecular weight is 226 g/mol. The van der Waals surface area contributed by atoms with Crippen LogP contribution in [-0.4, -0.2) is 24.7 Å². The molecule has 0 saturated carbocycles. The van der Waals surface area contributed by atoms with Gasteiger partial charge in [-0.3, -0.25) is 4.79 Å². The number of hydrogen-bond acceptors (Lipinski definition) is 2. The first-order valence-corrected chi connectivity index (χ1v) is 5.13. The average Bonchev–Trinajstić information content (AvgIpc) is 2.50. The van der Waals surface area contributed by atoms with Gasteiger partial charge in [-0.1, -0.05) is 17.7 Å². The molecular formula is C11H12ClNO2. The molecule has 1 aromatic rings. The van der Waals surface area contributed by atoms with E-state index in [2.05, 4.69) is 0 Å². The maximum absolute atomic E-state index is 11.0. The number of nitrogens with zero attached hydrogens (tertiary/aromatic N) is 1. The molecular weight excluding hydrogens is 214 g/mol. The summed E-state index contributed by atoms with van der Waals surface area (Å²) in [4.78, 5) is 13.0. The fraction of sp³-hybridized carbons (Fsp3) is 0.364. The molecule has 0 bridgehead atoms. The summed E-state index contributed by atoms with van der Waals surface area (Å²) >= 11 is 6.01. The molecule has 0 saturated heterocycles. The third kappa shape index (κ3) is 1.47. The van der Waals surface area contributed by atoms with Gasteiger partial charge in [0.1, 0.15) is 5.92 Å². The summed E-state index contributed by atoms with van der Waals surface area (Å²) in [6.45, 7) is 2.44. The van der Waals surface area contributed by atoms with E-state index >= 15 is 0 Å². The van der Waals surface area contributed by atoms with Gasteiger partial charge in [0.25, 0.3) is 0 Å². The third-order valence-corrected chi connectivity index (χ3v) is 3.32. The van der Waals surface area contributed by atoms with Crippen molar-refractivity contribution in [3.8, 4) is 0 Å². The Morgan fingerprint density at radius 2 is 2.27 bits per heavy atom. The van der Waals surface area contributed by atoms with Crippen LogP contribution < -0.4 is 4.90 Å². The van der Waals surface area contributed by atoms with Gasteiger partial charge in [-0.2, -0.15) is 0 Å². The Balaban J connectivity index is 2.59. The SMILES string of the molecule is Cc1c(Cl)ccc2c1N(C)CC2C(=O)O. The van der Waals surface area contributed by atoms with Crippen LogP contribution in [-0.2, 0) is 4.79 Å². The Kier molecular flexibility index (Phi) is 2.35. The quantitative estimate of drug-likeness (QED) is 0.797. The zero-order valence-electron chi connectivity index (χ0n) is 8.62. The fourth-order valence-electron chi connectivity index (χ4n) is 2.16. The van der Waals surface area contributed by atoms with Crippen LogP contribution in [0.25, 0.3) is 0 Å². The van der Waals surface area contributed by atoms with Crippen molar-refractivity contribution in [2.45, 2.75) is 12.8 Å². The lowest BCUT2D eigenvalue weighted by molar-refractivity contribution is -0.138. The number of halogens is 1. The lowest BCUT2D eigenvalue weighted by Gasteiger charge is -2.15. The van der Waals surface area contributed by atoms with Gasteiger partial charge >= 0.3 is 5.97 Å². The molecule has 1 aromatic carbocycles. The van der Waals surface area contributed by atoms with E-state index in [9.17, 15) is 4.79 Å². The van der Waals surface area contributed by atoms with Gasteiger partial charge in [0, 0.05) is 24.3 Å². The molecule has 0 amide bonds. The van der Waals surface area contributed by atoms with Gasteiger partial charge in [0.05, 0.1) is 0 Å². The van der Waals surface area contributed by atoms with Crippen LogP contribution in [0.4, 0.5) is 5.69 Å². The lowest BCUT2D eigenvalue weighted by atomic mass is 10.00. The standard InChI is InChI=1S/C11H12ClNO2/c1-6-9(12)4-3-7-8(11(14)15)5-13(2)10(6)7/h3-4,8H,5H2,1-2H3,(H,14,15). The van der Waals surface area contributed by atoms with Crippen LogP contribution in [0.15, 0.2) is 12.1 Å². The molecule has 0 spiro atoms. The van der Waals surface area contributed by atoms with Crippen LogP contribution in [0.2, 0.25) is 5.02 Å². The molecule has 1 aliphatic heterocycles. The van der Waals surface area contributed by atoms with E-state index in [0.717, 1.165) is 16.8 Å². The molecule has 1 unspecified atom stereocenters. The molecule has 1 heterocycles. The van der Waals surface area contributed by atoms with Gasteiger partial charge in [-0.15, -0.1) is 0 Å². The summed E-state index contributed by atoms with van der Waals surface area (Å²) in [6, 6.07) is 3.58. The summed E-state index contributed by atoms with van der Waals surface area (Å²) in [5.74, 6) is -1.21. The first-order valence-electron chi connectivity index (χ1n) is 4.75. The number of carboxylic acids is 1. The van der Waals surface area contributed by atoms with Crippen LogP contribution in [0.1, 0.15) is 17.0 Å². The molecule has 1 aliphatic rings. The number of anilines is 1. The maximum Gasteiger partial charge on any atom is 0.312 e. The number of benzene rings is 1. The summed E-state index contributed by atoms with van der Waals surface area (Å²) in [5.41, 5.74) is 2.79. The van der Waals surface area contributed by atoms with Gasteiger partial charge in [0.15, 0.2) is 0 Å². The van der Waals surface area contributed by atoms with E-state index in [0.29, 0.717) is 11.6 Å². The van der Waals surface area contributed by atoms with Crippen LogP contribution in [0.5, 0.6) is 0 Å². The molecule has 0 radical (unpaired) electrons.